The first-order valence-corrected chi connectivity index (χ1v) is 9.21. The van der Waals surface area contributed by atoms with Crippen LogP contribution < -0.4 is 5.32 Å². The van der Waals surface area contributed by atoms with Gasteiger partial charge in [-0.05, 0) is 12.8 Å². The van der Waals surface area contributed by atoms with Gasteiger partial charge in [-0.3, -0.25) is 9.59 Å². The summed E-state index contributed by atoms with van der Waals surface area (Å²) in [5.41, 5.74) is 0. The highest BCUT2D eigenvalue weighted by molar-refractivity contribution is 5.83. The first kappa shape index (κ1) is 22.4. The number of carbonyl (C=O) groups excluding carboxylic acids is 1. The number of carboxylic acids is 2. The molecule has 140 valence electrons. The molecule has 0 rings (SSSR count). The summed E-state index contributed by atoms with van der Waals surface area (Å²) in [7, 11) is 0. The van der Waals surface area contributed by atoms with Crippen LogP contribution in [0.1, 0.15) is 90.4 Å². The maximum absolute atomic E-state index is 11.7. The third kappa shape index (κ3) is 14.0. The van der Waals surface area contributed by atoms with E-state index in [0.717, 1.165) is 19.3 Å². The Hall–Kier alpha value is -1.59. The number of hydrogen-bond acceptors (Lipinski definition) is 3. The lowest BCUT2D eigenvalue weighted by Gasteiger charge is -2.13. The van der Waals surface area contributed by atoms with Crippen LogP contribution in [0.15, 0.2) is 0 Å². The summed E-state index contributed by atoms with van der Waals surface area (Å²) in [5.74, 6) is -2.56. The minimum Gasteiger partial charge on any atom is -0.481 e. The zero-order chi connectivity index (χ0) is 18.2. The summed E-state index contributed by atoms with van der Waals surface area (Å²) in [4.78, 5) is 33.2. The molecule has 3 N–H and O–H groups in total. The molecule has 0 aromatic rings. The number of carbonyl (C=O) groups is 3. The third-order valence-electron chi connectivity index (χ3n) is 4.04. The number of hydrogen-bond donors (Lipinski definition) is 3. The molecule has 0 spiro atoms. The van der Waals surface area contributed by atoms with Crippen molar-refractivity contribution in [1.29, 1.82) is 0 Å². The predicted octanol–water partition coefficient (Wildman–Crippen LogP) is 3.73. The van der Waals surface area contributed by atoms with Crippen LogP contribution in [0, 0.1) is 0 Å². The van der Waals surface area contributed by atoms with Gasteiger partial charge in [-0.1, -0.05) is 64.7 Å². The molecule has 0 aromatic carbocycles. The van der Waals surface area contributed by atoms with Crippen molar-refractivity contribution in [2.45, 2.75) is 96.4 Å². The van der Waals surface area contributed by atoms with E-state index in [2.05, 4.69) is 12.2 Å². The molecule has 0 aliphatic heterocycles. The molecule has 1 atom stereocenters. The molecule has 0 unspecified atom stereocenters. The van der Waals surface area contributed by atoms with Gasteiger partial charge in [0.05, 0.1) is 0 Å². The highest BCUT2D eigenvalue weighted by Crippen LogP contribution is 2.11. The van der Waals surface area contributed by atoms with Gasteiger partial charge in [-0.25, -0.2) is 4.79 Å². The van der Waals surface area contributed by atoms with Crippen molar-refractivity contribution in [2.75, 3.05) is 0 Å². The average Bonchev–Trinajstić information content (AvgIpc) is 2.52. The van der Waals surface area contributed by atoms with Crippen molar-refractivity contribution >= 4 is 17.8 Å². The molecule has 0 aromatic heterocycles. The molecule has 6 nitrogen and oxygen atoms in total. The first-order chi connectivity index (χ1) is 11.5. The number of unbranched alkanes of at least 4 members (excludes halogenated alkanes) is 9. The first-order valence-electron chi connectivity index (χ1n) is 9.21. The Bertz CT molecular complexity index is 370. The summed E-state index contributed by atoms with van der Waals surface area (Å²) in [6.07, 6.45) is 11.7. The molecule has 0 heterocycles. The van der Waals surface area contributed by atoms with Crippen LogP contribution in [-0.2, 0) is 14.4 Å². The van der Waals surface area contributed by atoms with Crippen LogP contribution in [0.3, 0.4) is 0 Å². The smallest absolute Gasteiger partial charge is 0.326 e. The zero-order valence-electron chi connectivity index (χ0n) is 14.9. The van der Waals surface area contributed by atoms with Gasteiger partial charge in [0.25, 0.3) is 0 Å². The quantitative estimate of drug-likeness (QED) is 0.370. The fourth-order valence-corrected chi connectivity index (χ4v) is 2.56. The molecule has 0 radical (unpaired) electrons. The summed E-state index contributed by atoms with van der Waals surface area (Å²) in [6, 6.07) is -1.11. The average molecular weight is 343 g/mol. The van der Waals surface area contributed by atoms with Gasteiger partial charge in [-0.15, -0.1) is 0 Å². The second-order valence-corrected chi connectivity index (χ2v) is 6.32. The highest BCUT2D eigenvalue weighted by atomic mass is 16.4. The third-order valence-corrected chi connectivity index (χ3v) is 4.04. The Labute approximate surface area is 145 Å². The molecule has 0 aliphatic rings. The standard InChI is InChI=1S/C18H33NO5/c1-2-3-4-5-6-7-8-9-10-11-12-16(20)19-15(18(23)24)13-14-17(21)22/h15H,2-14H2,1H3,(H,19,20)(H,21,22)(H,23,24)/t15-/m1/s1. The highest BCUT2D eigenvalue weighted by Gasteiger charge is 2.20. The van der Waals surface area contributed by atoms with Crippen molar-refractivity contribution in [3.63, 3.8) is 0 Å². The normalized spacial score (nSPS) is 11.9. The summed E-state index contributed by atoms with van der Waals surface area (Å²) < 4.78 is 0. The molecule has 6 heteroatoms. The number of carboxylic acid groups (broad SMARTS) is 2. The summed E-state index contributed by atoms with van der Waals surface area (Å²) in [6.45, 7) is 2.21. The van der Waals surface area contributed by atoms with Crippen LogP contribution in [0.5, 0.6) is 0 Å². The zero-order valence-corrected chi connectivity index (χ0v) is 14.9. The van der Waals surface area contributed by atoms with Crippen LogP contribution in [-0.4, -0.2) is 34.1 Å². The van der Waals surface area contributed by atoms with E-state index in [-0.39, 0.29) is 18.7 Å². The van der Waals surface area contributed by atoms with Gasteiger partial charge in [0, 0.05) is 12.8 Å². The topological polar surface area (TPSA) is 104 Å². The Morgan fingerprint density at radius 3 is 1.75 bits per heavy atom. The van der Waals surface area contributed by atoms with Crippen molar-refractivity contribution in [3.8, 4) is 0 Å². The van der Waals surface area contributed by atoms with E-state index in [4.69, 9.17) is 10.2 Å². The van der Waals surface area contributed by atoms with E-state index >= 15 is 0 Å². The van der Waals surface area contributed by atoms with Gasteiger partial charge in [0.1, 0.15) is 6.04 Å². The lowest BCUT2D eigenvalue weighted by molar-refractivity contribution is -0.143. The Kier molecular flexibility index (Phi) is 14.0. The maximum atomic E-state index is 11.7. The van der Waals surface area contributed by atoms with Crippen LogP contribution >= 0.6 is 0 Å². The predicted molar refractivity (Wildman–Crippen MR) is 92.9 cm³/mol. The van der Waals surface area contributed by atoms with Gasteiger partial charge < -0.3 is 15.5 Å². The molecule has 0 aliphatic carbocycles. The SMILES string of the molecule is CCCCCCCCCCCCC(=O)N[C@H](CCC(=O)O)C(=O)O. The Morgan fingerprint density at radius 2 is 1.29 bits per heavy atom. The molecule has 24 heavy (non-hydrogen) atoms. The minimum atomic E-state index is -1.19. The molecule has 1 amide bonds. The molecule has 0 fully saturated rings. The minimum absolute atomic E-state index is 0.0889. The fraction of sp³-hybridized carbons (Fsp3) is 0.833. The molecular formula is C18H33NO5. The molecule has 0 saturated heterocycles. The second kappa shape index (κ2) is 15.0. The van der Waals surface area contributed by atoms with Crippen LogP contribution in [0.4, 0.5) is 0 Å². The van der Waals surface area contributed by atoms with Gasteiger partial charge >= 0.3 is 11.9 Å². The number of aliphatic carboxylic acids is 2. The Morgan fingerprint density at radius 1 is 0.792 bits per heavy atom. The summed E-state index contributed by atoms with van der Waals surface area (Å²) >= 11 is 0. The number of rotatable bonds is 16. The van der Waals surface area contributed by atoms with E-state index in [1.54, 1.807) is 0 Å². The lowest BCUT2D eigenvalue weighted by Crippen LogP contribution is -2.41. The summed E-state index contributed by atoms with van der Waals surface area (Å²) in [5, 5.41) is 20.0. The monoisotopic (exact) mass is 343 g/mol. The molecular weight excluding hydrogens is 310 g/mol. The van der Waals surface area contributed by atoms with Gasteiger partial charge in [-0.2, -0.15) is 0 Å². The Balaban J connectivity index is 3.63. The largest absolute Gasteiger partial charge is 0.481 e. The van der Waals surface area contributed by atoms with E-state index in [9.17, 15) is 14.4 Å². The van der Waals surface area contributed by atoms with Crippen LogP contribution in [0.25, 0.3) is 0 Å². The van der Waals surface area contributed by atoms with Crippen LogP contribution in [0.2, 0.25) is 0 Å². The van der Waals surface area contributed by atoms with E-state index in [1.807, 2.05) is 0 Å². The van der Waals surface area contributed by atoms with Crippen molar-refractivity contribution in [1.82, 2.24) is 5.32 Å². The molecule has 0 saturated carbocycles. The van der Waals surface area contributed by atoms with E-state index in [0.29, 0.717) is 6.42 Å². The van der Waals surface area contributed by atoms with Gasteiger partial charge in [0.2, 0.25) is 5.91 Å². The second-order valence-electron chi connectivity index (χ2n) is 6.32. The van der Waals surface area contributed by atoms with Crippen molar-refractivity contribution in [2.24, 2.45) is 0 Å². The van der Waals surface area contributed by atoms with Gasteiger partial charge in [0.15, 0.2) is 0 Å². The number of nitrogens with one attached hydrogen (secondary N) is 1. The van der Waals surface area contributed by atoms with E-state index in [1.165, 1.54) is 44.9 Å². The lowest BCUT2D eigenvalue weighted by atomic mass is 10.1. The maximum Gasteiger partial charge on any atom is 0.326 e. The fourth-order valence-electron chi connectivity index (χ4n) is 2.56. The number of amides is 1. The molecule has 0 bridgehead atoms. The van der Waals surface area contributed by atoms with E-state index < -0.39 is 18.0 Å². The van der Waals surface area contributed by atoms with Crippen molar-refractivity contribution < 1.29 is 24.6 Å². The van der Waals surface area contributed by atoms with Crippen molar-refractivity contribution in [3.05, 3.63) is 0 Å².